The number of alkyl halides is 3. The van der Waals surface area contributed by atoms with Crippen LogP contribution in [0.25, 0.3) is 0 Å². The van der Waals surface area contributed by atoms with Gasteiger partial charge in [-0.05, 0) is 0 Å². The molecule has 1 heterocycles. The summed E-state index contributed by atoms with van der Waals surface area (Å²) in [4.78, 5) is 3.43. The molecule has 1 unspecified atom stereocenters. The minimum atomic E-state index is -4.55. The van der Waals surface area contributed by atoms with Gasteiger partial charge in [-0.15, -0.1) is 0 Å². The Morgan fingerprint density at radius 1 is 1.19 bits per heavy atom. The number of hydrogen-bond donors (Lipinski definition) is 1. The summed E-state index contributed by atoms with van der Waals surface area (Å²) in [5.74, 6) is 0. The lowest BCUT2D eigenvalue weighted by atomic mass is 10.2. The van der Waals surface area contributed by atoms with Crippen LogP contribution in [0.5, 0.6) is 0 Å². The van der Waals surface area contributed by atoms with Crippen molar-refractivity contribution in [3.63, 3.8) is 0 Å². The van der Waals surface area contributed by atoms with Crippen molar-refractivity contribution in [1.29, 1.82) is 5.26 Å². The van der Waals surface area contributed by atoms with Gasteiger partial charge in [0.25, 0.3) is 0 Å². The Bertz CT molecular complexity index is 256. The Hall–Kier alpha value is -0.840. The van der Waals surface area contributed by atoms with Crippen molar-refractivity contribution in [2.75, 3.05) is 39.3 Å². The fourth-order valence-corrected chi connectivity index (χ4v) is 1.58. The monoisotopic (exact) mass is 237 g/mol. The molecule has 1 fully saturated rings. The number of halogens is 3. The summed E-state index contributed by atoms with van der Waals surface area (Å²) in [6.45, 7) is 1.96. The van der Waals surface area contributed by atoms with Crippen LogP contribution >= 0.6 is 0 Å². The average Bonchev–Trinajstić information content (AvgIpc) is 2.20. The second kappa shape index (κ2) is 5.48. The van der Waals surface area contributed by atoms with Gasteiger partial charge in [0.05, 0.1) is 12.6 Å². The largest absolute Gasteiger partial charge is 0.415 e. The summed E-state index contributed by atoms with van der Waals surface area (Å²) in [5, 5.41) is 17.3. The molecule has 1 N–H and O–H groups in total. The van der Waals surface area contributed by atoms with E-state index in [2.05, 4.69) is 0 Å². The van der Waals surface area contributed by atoms with Gasteiger partial charge in [-0.2, -0.15) is 18.4 Å². The van der Waals surface area contributed by atoms with E-state index in [0.29, 0.717) is 32.7 Å². The zero-order valence-electron chi connectivity index (χ0n) is 8.74. The lowest BCUT2D eigenvalue weighted by Crippen LogP contribution is -2.50. The maximum absolute atomic E-state index is 12.1. The van der Waals surface area contributed by atoms with E-state index >= 15 is 0 Å². The first-order valence-corrected chi connectivity index (χ1v) is 5.00. The molecule has 1 aliphatic rings. The predicted octanol–water partition coefficient (Wildman–Crippen LogP) is 0.0508. The molecule has 0 aromatic heterocycles. The Morgan fingerprint density at radius 3 is 2.12 bits per heavy atom. The molecule has 7 heteroatoms. The van der Waals surface area contributed by atoms with Crippen molar-refractivity contribution in [2.45, 2.75) is 12.3 Å². The zero-order valence-corrected chi connectivity index (χ0v) is 8.74. The number of rotatable bonds is 3. The van der Waals surface area contributed by atoms with Gasteiger partial charge in [0.2, 0.25) is 0 Å². The second-order valence-corrected chi connectivity index (χ2v) is 3.79. The van der Waals surface area contributed by atoms with Crippen LogP contribution in [0.2, 0.25) is 0 Å². The van der Waals surface area contributed by atoms with E-state index in [1.807, 2.05) is 11.0 Å². The van der Waals surface area contributed by atoms with E-state index in [9.17, 15) is 13.2 Å². The summed E-state index contributed by atoms with van der Waals surface area (Å²) in [7, 11) is 0. The Labute approximate surface area is 91.9 Å². The standard InChI is InChI=1S/C9H14F3N3O/c10-9(11,12)8(16)7-15-5-3-14(2-1-13)4-6-15/h8,16H,2-7H2. The molecule has 1 saturated heterocycles. The maximum atomic E-state index is 12.1. The highest BCUT2D eigenvalue weighted by atomic mass is 19.4. The van der Waals surface area contributed by atoms with Gasteiger partial charge in [0.15, 0.2) is 6.10 Å². The van der Waals surface area contributed by atoms with Gasteiger partial charge < -0.3 is 5.11 Å². The van der Waals surface area contributed by atoms with E-state index in [1.165, 1.54) is 0 Å². The Morgan fingerprint density at radius 2 is 1.69 bits per heavy atom. The number of aliphatic hydroxyl groups excluding tert-OH is 1. The van der Waals surface area contributed by atoms with Crippen molar-refractivity contribution in [2.24, 2.45) is 0 Å². The van der Waals surface area contributed by atoms with Crippen LogP contribution in [0.1, 0.15) is 0 Å². The van der Waals surface area contributed by atoms with Gasteiger partial charge in [-0.1, -0.05) is 0 Å². The molecule has 1 aliphatic heterocycles. The molecular formula is C9H14F3N3O. The zero-order chi connectivity index (χ0) is 12.2. The molecular weight excluding hydrogens is 223 g/mol. The molecule has 0 amide bonds. The molecule has 0 radical (unpaired) electrons. The summed E-state index contributed by atoms with van der Waals surface area (Å²) >= 11 is 0. The van der Waals surface area contributed by atoms with Crippen molar-refractivity contribution in [1.82, 2.24) is 9.80 Å². The summed E-state index contributed by atoms with van der Waals surface area (Å²) < 4.78 is 36.2. The lowest BCUT2D eigenvalue weighted by molar-refractivity contribution is -0.208. The van der Waals surface area contributed by atoms with Crippen molar-refractivity contribution in [3.8, 4) is 6.07 Å². The normalized spacial score (nSPS) is 21.7. The van der Waals surface area contributed by atoms with Crippen LogP contribution in [-0.4, -0.2) is 66.5 Å². The third-order valence-corrected chi connectivity index (χ3v) is 2.57. The number of piperazine rings is 1. The van der Waals surface area contributed by atoms with E-state index in [4.69, 9.17) is 10.4 Å². The molecule has 92 valence electrons. The second-order valence-electron chi connectivity index (χ2n) is 3.79. The van der Waals surface area contributed by atoms with Gasteiger partial charge in [-0.25, -0.2) is 0 Å². The number of aliphatic hydroxyl groups is 1. The number of hydrogen-bond acceptors (Lipinski definition) is 4. The predicted molar refractivity (Wildman–Crippen MR) is 50.6 cm³/mol. The smallest absolute Gasteiger partial charge is 0.382 e. The van der Waals surface area contributed by atoms with E-state index < -0.39 is 12.3 Å². The van der Waals surface area contributed by atoms with Gasteiger partial charge in [0, 0.05) is 32.7 Å². The van der Waals surface area contributed by atoms with E-state index in [0.717, 1.165) is 0 Å². The van der Waals surface area contributed by atoms with E-state index in [-0.39, 0.29) is 6.54 Å². The van der Waals surface area contributed by atoms with Crippen LogP contribution in [0.4, 0.5) is 13.2 Å². The maximum Gasteiger partial charge on any atom is 0.415 e. The third kappa shape index (κ3) is 3.96. The molecule has 0 aliphatic carbocycles. The molecule has 0 bridgehead atoms. The fourth-order valence-electron chi connectivity index (χ4n) is 1.58. The molecule has 0 spiro atoms. The first-order chi connectivity index (χ1) is 7.43. The Kier molecular flexibility index (Phi) is 4.53. The van der Waals surface area contributed by atoms with Crippen LogP contribution in [0, 0.1) is 11.3 Å². The van der Waals surface area contributed by atoms with Crippen molar-refractivity contribution in [3.05, 3.63) is 0 Å². The first-order valence-electron chi connectivity index (χ1n) is 5.00. The lowest BCUT2D eigenvalue weighted by Gasteiger charge is -2.34. The molecule has 0 aromatic rings. The van der Waals surface area contributed by atoms with E-state index in [1.54, 1.807) is 4.90 Å². The van der Waals surface area contributed by atoms with Crippen LogP contribution in [-0.2, 0) is 0 Å². The fraction of sp³-hybridized carbons (Fsp3) is 0.889. The molecule has 4 nitrogen and oxygen atoms in total. The van der Waals surface area contributed by atoms with Crippen LogP contribution in [0.15, 0.2) is 0 Å². The first kappa shape index (κ1) is 13.2. The molecule has 1 rings (SSSR count). The highest BCUT2D eigenvalue weighted by Gasteiger charge is 2.39. The van der Waals surface area contributed by atoms with Crippen molar-refractivity contribution < 1.29 is 18.3 Å². The average molecular weight is 237 g/mol. The van der Waals surface area contributed by atoms with Gasteiger partial charge >= 0.3 is 6.18 Å². The highest BCUT2D eigenvalue weighted by Crippen LogP contribution is 2.21. The minimum absolute atomic E-state index is 0.301. The van der Waals surface area contributed by atoms with Crippen LogP contribution in [0.3, 0.4) is 0 Å². The quantitative estimate of drug-likeness (QED) is 0.705. The van der Waals surface area contributed by atoms with Gasteiger partial charge in [0.1, 0.15) is 0 Å². The van der Waals surface area contributed by atoms with Crippen LogP contribution < -0.4 is 0 Å². The summed E-state index contributed by atoms with van der Waals surface area (Å²) in [5.41, 5.74) is 0. The van der Waals surface area contributed by atoms with Crippen molar-refractivity contribution >= 4 is 0 Å². The molecule has 16 heavy (non-hydrogen) atoms. The topological polar surface area (TPSA) is 50.5 Å². The minimum Gasteiger partial charge on any atom is -0.382 e. The number of nitrogens with zero attached hydrogens (tertiary/aromatic N) is 3. The summed E-state index contributed by atoms with van der Waals surface area (Å²) in [6.07, 6.45) is -6.83. The Balaban J connectivity index is 2.30. The molecule has 0 saturated carbocycles. The number of β-amino-alcohol motifs (C(OH)–C–C–N with tert-alkyl or cyclic N) is 1. The molecule has 0 aromatic carbocycles. The number of nitriles is 1. The SMILES string of the molecule is N#CCN1CCN(CC(O)C(F)(F)F)CC1. The molecule has 1 atom stereocenters. The highest BCUT2D eigenvalue weighted by molar-refractivity contribution is 4.82. The van der Waals surface area contributed by atoms with Gasteiger partial charge in [-0.3, -0.25) is 9.80 Å². The summed E-state index contributed by atoms with van der Waals surface area (Å²) in [6, 6.07) is 2.00. The third-order valence-electron chi connectivity index (χ3n) is 2.57.